The molecule has 1 atom stereocenters. The summed E-state index contributed by atoms with van der Waals surface area (Å²) in [6.07, 6.45) is 3.70. The zero-order valence-electron chi connectivity index (χ0n) is 14.4. The van der Waals surface area contributed by atoms with E-state index in [4.69, 9.17) is 9.63 Å². The highest BCUT2D eigenvalue weighted by molar-refractivity contribution is 5.79. The van der Waals surface area contributed by atoms with E-state index in [1.165, 1.54) is 4.68 Å². The molecule has 1 saturated heterocycles. The normalized spacial score (nSPS) is 17.7. The summed E-state index contributed by atoms with van der Waals surface area (Å²) < 4.78 is 6.64. The fourth-order valence-electron chi connectivity index (χ4n) is 3.41. The van der Waals surface area contributed by atoms with Crippen LogP contribution in [0.25, 0.3) is 0 Å². The van der Waals surface area contributed by atoms with E-state index in [0.717, 1.165) is 29.8 Å². The monoisotopic (exact) mass is 346 g/mol. The highest BCUT2D eigenvalue weighted by Crippen LogP contribution is 2.27. The van der Waals surface area contributed by atoms with Crippen LogP contribution in [0.2, 0.25) is 0 Å². The number of aromatic nitrogens is 3. The first kappa shape index (κ1) is 17.2. The third kappa shape index (κ3) is 3.72. The molecule has 1 N–H and O–H groups in total. The fourth-order valence-corrected chi connectivity index (χ4v) is 3.41. The number of piperidine rings is 1. The molecule has 8 nitrogen and oxygen atoms in total. The van der Waals surface area contributed by atoms with Crippen molar-refractivity contribution in [3.63, 3.8) is 0 Å². The molecule has 0 aliphatic carbocycles. The number of carboxylic acids is 1. The van der Waals surface area contributed by atoms with E-state index in [2.05, 4.69) is 10.3 Å². The number of carboxylic acid groups (broad SMARTS) is 1. The van der Waals surface area contributed by atoms with Crippen molar-refractivity contribution in [3.8, 4) is 0 Å². The zero-order valence-corrected chi connectivity index (χ0v) is 14.4. The van der Waals surface area contributed by atoms with Crippen LogP contribution in [-0.4, -0.2) is 49.9 Å². The Hall–Kier alpha value is -2.64. The Morgan fingerprint density at radius 1 is 1.40 bits per heavy atom. The van der Waals surface area contributed by atoms with Gasteiger partial charge in [0.05, 0.1) is 12.1 Å². The van der Waals surface area contributed by atoms with Gasteiger partial charge in [0, 0.05) is 36.5 Å². The molecular weight excluding hydrogens is 324 g/mol. The largest absolute Gasteiger partial charge is 0.480 e. The minimum absolute atomic E-state index is 0.0448. The van der Waals surface area contributed by atoms with Gasteiger partial charge in [-0.1, -0.05) is 5.16 Å². The lowest BCUT2D eigenvalue weighted by molar-refractivity contribution is -0.138. The Labute approximate surface area is 145 Å². The van der Waals surface area contributed by atoms with E-state index in [0.29, 0.717) is 18.8 Å². The predicted molar refractivity (Wildman–Crippen MR) is 88.1 cm³/mol. The van der Waals surface area contributed by atoms with Gasteiger partial charge in [-0.25, -0.2) is 0 Å². The molecule has 2 aromatic heterocycles. The van der Waals surface area contributed by atoms with Gasteiger partial charge in [0.1, 0.15) is 12.3 Å². The summed E-state index contributed by atoms with van der Waals surface area (Å²) in [5, 5.41) is 17.0. The van der Waals surface area contributed by atoms with Crippen molar-refractivity contribution in [3.05, 3.63) is 35.0 Å². The molecule has 0 aromatic carbocycles. The molecule has 25 heavy (non-hydrogen) atoms. The molecular formula is C17H22N4O4. The second-order valence-electron chi connectivity index (χ2n) is 6.47. The number of likely N-dealkylation sites (tertiary alicyclic amines) is 1. The number of rotatable bonds is 5. The van der Waals surface area contributed by atoms with Crippen molar-refractivity contribution in [1.29, 1.82) is 0 Å². The zero-order chi connectivity index (χ0) is 18.0. The molecule has 8 heteroatoms. The predicted octanol–water partition coefficient (Wildman–Crippen LogP) is 1.52. The first-order valence-corrected chi connectivity index (χ1v) is 8.38. The van der Waals surface area contributed by atoms with Gasteiger partial charge in [-0.15, -0.1) is 0 Å². The average Bonchev–Trinajstić information content (AvgIpc) is 3.16. The molecule has 1 fully saturated rings. The number of hydrogen-bond donors (Lipinski definition) is 1. The highest BCUT2D eigenvalue weighted by atomic mass is 16.5. The summed E-state index contributed by atoms with van der Waals surface area (Å²) in [5.41, 5.74) is 2.47. The second kappa shape index (κ2) is 7.08. The SMILES string of the molecule is Cc1noc(C)c1CC(=O)N1CCC[C@H](c2ccnn2CC(=O)O)C1. The van der Waals surface area contributed by atoms with Gasteiger partial charge in [0.15, 0.2) is 0 Å². The van der Waals surface area contributed by atoms with Crippen molar-refractivity contribution in [2.75, 3.05) is 13.1 Å². The molecule has 1 amide bonds. The van der Waals surface area contributed by atoms with Gasteiger partial charge in [-0.05, 0) is 32.8 Å². The molecule has 2 aromatic rings. The summed E-state index contributed by atoms with van der Waals surface area (Å²) in [7, 11) is 0. The highest BCUT2D eigenvalue weighted by Gasteiger charge is 2.28. The number of aliphatic carboxylic acids is 1. The Bertz CT molecular complexity index is 760. The fraction of sp³-hybridized carbons (Fsp3) is 0.529. The molecule has 0 bridgehead atoms. The quantitative estimate of drug-likeness (QED) is 0.881. The topological polar surface area (TPSA) is 101 Å². The Balaban J connectivity index is 1.70. The summed E-state index contributed by atoms with van der Waals surface area (Å²) in [6.45, 7) is 4.78. The number of hydrogen-bond acceptors (Lipinski definition) is 5. The van der Waals surface area contributed by atoms with Gasteiger partial charge in [0.25, 0.3) is 0 Å². The summed E-state index contributed by atoms with van der Waals surface area (Å²) in [4.78, 5) is 25.5. The molecule has 1 aliphatic heterocycles. The average molecular weight is 346 g/mol. The first-order chi connectivity index (χ1) is 12.0. The van der Waals surface area contributed by atoms with Gasteiger partial charge in [-0.2, -0.15) is 5.10 Å². The Kier molecular flexibility index (Phi) is 4.87. The molecule has 0 saturated carbocycles. The molecule has 3 heterocycles. The number of carbonyl (C=O) groups is 2. The van der Waals surface area contributed by atoms with Crippen LogP contribution in [0.5, 0.6) is 0 Å². The van der Waals surface area contributed by atoms with Crippen LogP contribution >= 0.6 is 0 Å². The smallest absolute Gasteiger partial charge is 0.325 e. The minimum Gasteiger partial charge on any atom is -0.480 e. The van der Waals surface area contributed by atoms with Crippen molar-refractivity contribution in [2.24, 2.45) is 0 Å². The standard InChI is InChI=1S/C17H22N4O4/c1-11-14(12(2)25-19-11)8-16(22)20-7-3-4-13(9-20)15-5-6-18-21(15)10-17(23)24/h5-6,13H,3-4,7-10H2,1-2H3,(H,23,24)/t13-/m0/s1. The van der Waals surface area contributed by atoms with Crippen LogP contribution in [0.15, 0.2) is 16.8 Å². The van der Waals surface area contributed by atoms with E-state index >= 15 is 0 Å². The third-order valence-electron chi connectivity index (χ3n) is 4.74. The summed E-state index contributed by atoms with van der Waals surface area (Å²) >= 11 is 0. The minimum atomic E-state index is -0.924. The molecule has 3 rings (SSSR count). The van der Waals surface area contributed by atoms with Crippen LogP contribution in [0.4, 0.5) is 0 Å². The van der Waals surface area contributed by atoms with Crippen LogP contribution in [0.1, 0.15) is 41.5 Å². The maximum Gasteiger partial charge on any atom is 0.325 e. The lowest BCUT2D eigenvalue weighted by Crippen LogP contribution is -2.40. The van der Waals surface area contributed by atoms with E-state index in [9.17, 15) is 9.59 Å². The molecule has 134 valence electrons. The van der Waals surface area contributed by atoms with Gasteiger partial charge >= 0.3 is 5.97 Å². The number of amides is 1. The maximum absolute atomic E-state index is 12.7. The van der Waals surface area contributed by atoms with E-state index < -0.39 is 5.97 Å². The third-order valence-corrected chi connectivity index (χ3v) is 4.74. The van der Waals surface area contributed by atoms with E-state index in [1.54, 1.807) is 6.20 Å². The van der Waals surface area contributed by atoms with Crippen molar-refractivity contribution in [2.45, 2.75) is 45.6 Å². The van der Waals surface area contributed by atoms with E-state index in [1.807, 2.05) is 24.8 Å². The Morgan fingerprint density at radius 3 is 2.88 bits per heavy atom. The van der Waals surface area contributed by atoms with Crippen LogP contribution in [-0.2, 0) is 22.6 Å². The molecule has 0 spiro atoms. The van der Waals surface area contributed by atoms with Gasteiger partial charge in [-0.3, -0.25) is 14.3 Å². The van der Waals surface area contributed by atoms with Crippen LogP contribution < -0.4 is 0 Å². The lowest BCUT2D eigenvalue weighted by atomic mass is 9.94. The van der Waals surface area contributed by atoms with Gasteiger partial charge < -0.3 is 14.5 Å². The van der Waals surface area contributed by atoms with Crippen molar-refractivity contribution < 1.29 is 19.2 Å². The first-order valence-electron chi connectivity index (χ1n) is 8.38. The Morgan fingerprint density at radius 2 is 2.20 bits per heavy atom. The van der Waals surface area contributed by atoms with Crippen molar-refractivity contribution in [1.82, 2.24) is 19.8 Å². The number of nitrogens with zero attached hydrogens (tertiary/aromatic N) is 4. The number of aryl methyl sites for hydroxylation is 2. The summed E-state index contributed by atoms with van der Waals surface area (Å²) in [6, 6.07) is 1.84. The van der Waals surface area contributed by atoms with Crippen LogP contribution in [0.3, 0.4) is 0 Å². The van der Waals surface area contributed by atoms with Crippen LogP contribution in [0, 0.1) is 13.8 Å². The molecule has 1 aliphatic rings. The molecule has 0 radical (unpaired) electrons. The lowest BCUT2D eigenvalue weighted by Gasteiger charge is -2.33. The second-order valence-corrected chi connectivity index (χ2v) is 6.47. The van der Waals surface area contributed by atoms with E-state index in [-0.39, 0.29) is 24.8 Å². The van der Waals surface area contributed by atoms with Gasteiger partial charge in [0.2, 0.25) is 5.91 Å². The van der Waals surface area contributed by atoms with Crippen molar-refractivity contribution >= 4 is 11.9 Å². The number of carbonyl (C=O) groups excluding carboxylic acids is 1. The molecule has 0 unspecified atom stereocenters. The maximum atomic E-state index is 12.7. The summed E-state index contributed by atoms with van der Waals surface area (Å²) in [5.74, 6) is -0.0985.